The fourth-order valence-corrected chi connectivity index (χ4v) is 7.82. The van der Waals surface area contributed by atoms with Gasteiger partial charge in [-0.15, -0.1) is 0 Å². The molecule has 4 aliphatic rings. The molecule has 1 heterocycles. The maximum Gasteiger partial charge on any atom is 0.0541 e. The number of fused-ring (bicyclic) bond motifs is 3. The van der Waals surface area contributed by atoms with E-state index in [2.05, 4.69) is 122 Å². The second-order valence-corrected chi connectivity index (χ2v) is 11.7. The third-order valence-corrected chi connectivity index (χ3v) is 9.48. The van der Waals surface area contributed by atoms with E-state index in [1.807, 2.05) is 0 Å². The molecular formula is C28H29Br2N. The molecule has 0 spiro atoms. The average Bonchev–Trinajstić information content (AvgIpc) is 3.29. The van der Waals surface area contributed by atoms with E-state index in [1.54, 1.807) is 0 Å². The van der Waals surface area contributed by atoms with E-state index in [0.29, 0.717) is 11.8 Å². The highest BCUT2D eigenvalue weighted by molar-refractivity contribution is 9.11. The van der Waals surface area contributed by atoms with E-state index in [0.717, 1.165) is 0 Å². The summed E-state index contributed by atoms with van der Waals surface area (Å²) < 4.78 is 2.50. The molecular weight excluding hydrogens is 510 g/mol. The van der Waals surface area contributed by atoms with Crippen LogP contribution in [-0.4, -0.2) is 11.9 Å². The van der Waals surface area contributed by atoms with Crippen LogP contribution in [0, 0.1) is 11.3 Å². The lowest BCUT2D eigenvalue weighted by Crippen LogP contribution is -2.26. The highest BCUT2D eigenvalue weighted by atomic mass is 79.9. The lowest BCUT2D eigenvalue weighted by Gasteiger charge is -2.38. The molecule has 160 valence electrons. The summed E-state index contributed by atoms with van der Waals surface area (Å²) in [4.78, 5) is 2.37. The number of rotatable bonds is 2. The second-order valence-electron chi connectivity index (χ2n) is 9.99. The van der Waals surface area contributed by atoms with Gasteiger partial charge < -0.3 is 4.90 Å². The monoisotopic (exact) mass is 537 g/mol. The van der Waals surface area contributed by atoms with E-state index in [9.17, 15) is 0 Å². The molecule has 0 aromatic heterocycles. The molecule has 0 N–H and O–H groups in total. The second kappa shape index (κ2) is 6.96. The number of hydrogen-bond donors (Lipinski definition) is 0. The van der Waals surface area contributed by atoms with Gasteiger partial charge in [-0.25, -0.2) is 0 Å². The molecule has 0 bridgehead atoms. The number of nitrogens with zero attached hydrogens (tertiary/aromatic N) is 1. The lowest BCUT2D eigenvalue weighted by molar-refractivity contribution is 0.391. The fraction of sp³-hybridized carbons (Fsp3) is 0.357. The van der Waals surface area contributed by atoms with Gasteiger partial charge in [-0.2, -0.15) is 0 Å². The topological polar surface area (TPSA) is 3.24 Å². The number of hydrogen-bond acceptors (Lipinski definition) is 1. The van der Waals surface area contributed by atoms with Crippen molar-refractivity contribution < 1.29 is 0 Å². The molecule has 0 radical (unpaired) electrons. The van der Waals surface area contributed by atoms with Gasteiger partial charge in [-0.05, 0) is 78.8 Å². The Morgan fingerprint density at radius 3 is 2.35 bits per heavy atom. The van der Waals surface area contributed by atoms with Crippen molar-refractivity contribution in [2.75, 3.05) is 7.05 Å². The zero-order chi connectivity index (χ0) is 22.4. The molecule has 2 atom stereocenters. The molecule has 0 saturated carbocycles. The van der Waals surface area contributed by atoms with E-state index in [4.69, 9.17) is 0 Å². The molecule has 0 saturated heterocycles. The summed E-state index contributed by atoms with van der Waals surface area (Å²) in [6, 6.07) is 6.63. The summed E-state index contributed by atoms with van der Waals surface area (Å²) in [5, 5.41) is 0. The fourth-order valence-electron chi connectivity index (χ4n) is 6.42. The first kappa shape index (κ1) is 21.3. The largest absolute Gasteiger partial charge is 0.351 e. The van der Waals surface area contributed by atoms with Crippen molar-refractivity contribution in [1.82, 2.24) is 4.90 Å². The van der Waals surface area contributed by atoms with E-state index < -0.39 is 0 Å². The van der Waals surface area contributed by atoms with Crippen molar-refractivity contribution in [3.8, 4) is 0 Å². The van der Waals surface area contributed by atoms with Crippen LogP contribution in [0.3, 0.4) is 0 Å². The van der Waals surface area contributed by atoms with Crippen molar-refractivity contribution in [2.24, 2.45) is 11.3 Å². The summed E-state index contributed by atoms with van der Waals surface area (Å²) >= 11 is 7.81. The van der Waals surface area contributed by atoms with Crippen LogP contribution in [0.2, 0.25) is 0 Å². The van der Waals surface area contributed by atoms with Crippen LogP contribution in [0.4, 0.5) is 0 Å². The van der Waals surface area contributed by atoms with Crippen LogP contribution < -0.4 is 0 Å². The van der Waals surface area contributed by atoms with Gasteiger partial charge in [0.25, 0.3) is 0 Å². The van der Waals surface area contributed by atoms with Crippen LogP contribution >= 0.6 is 31.9 Å². The first-order chi connectivity index (χ1) is 14.6. The number of benzene rings is 1. The standard InChI is InChI=1S/C28H29Br2N/c1-14-11-19-18(9-8-10-22(19)29)25(14)28(5,6)26-15(2)12-21-20(26)13-23-24(27(21)30)16(3)17(4)31(23)7/h8-13,24-25H,1-7H3. The molecule has 1 aromatic rings. The van der Waals surface area contributed by atoms with Gasteiger partial charge in [-0.1, -0.05) is 75.6 Å². The Hall–Kier alpha value is -1.58. The normalized spacial score (nSPS) is 25.1. The van der Waals surface area contributed by atoms with Crippen LogP contribution in [-0.2, 0) is 0 Å². The van der Waals surface area contributed by atoms with Crippen molar-refractivity contribution in [3.63, 3.8) is 0 Å². The van der Waals surface area contributed by atoms with Gasteiger partial charge in [0.05, 0.1) is 5.92 Å². The molecule has 1 nitrogen and oxygen atoms in total. The molecule has 1 aliphatic heterocycles. The van der Waals surface area contributed by atoms with E-state index >= 15 is 0 Å². The highest BCUT2D eigenvalue weighted by Gasteiger charge is 2.45. The van der Waals surface area contributed by atoms with Gasteiger partial charge in [0.1, 0.15) is 0 Å². The Balaban J connectivity index is 1.70. The minimum absolute atomic E-state index is 0.0316. The third kappa shape index (κ3) is 2.78. The van der Waals surface area contributed by atoms with Crippen molar-refractivity contribution >= 4 is 37.9 Å². The zero-order valence-electron chi connectivity index (χ0n) is 19.3. The Labute approximate surface area is 203 Å². The first-order valence-electron chi connectivity index (χ1n) is 11.0. The van der Waals surface area contributed by atoms with Crippen molar-refractivity contribution in [2.45, 2.75) is 47.5 Å². The predicted molar refractivity (Wildman–Crippen MR) is 139 cm³/mol. The van der Waals surface area contributed by atoms with Crippen LogP contribution in [0.25, 0.3) is 6.08 Å². The first-order valence-corrected chi connectivity index (χ1v) is 12.6. The van der Waals surface area contributed by atoms with E-state index in [1.165, 1.54) is 64.9 Å². The molecule has 2 unspecified atom stereocenters. The Morgan fingerprint density at radius 2 is 1.65 bits per heavy atom. The van der Waals surface area contributed by atoms with Gasteiger partial charge in [-0.3, -0.25) is 0 Å². The van der Waals surface area contributed by atoms with Crippen LogP contribution in [0.5, 0.6) is 0 Å². The lowest BCUT2D eigenvalue weighted by atomic mass is 9.66. The number of allylic oxidation sites excluding steroid dienone is 9. The van der Waals surface area contributed by atoms with Gasteiger partial charge in [0, 0.05) is 38.7 Å². The quantitative estimate of drug-likeness (QED) is 0.364. The summed E-state index contributed by atoms with van der Waals surface area (Å²) in [5.74, 6) is 0.711. The highest BCUT2D eigenvalue weighted by Crippen LogP contribution is 2.58. The maximum absolute atomic E-state index is 4.03. The van der Waals surface area contributed by atoms with Gasteiger partial charge in [0.15, 0.2) is 0 Å². The average molecular weight is 539 g/mol. The molecule has 0 fully saturated rings. The van der Waals surface area contributed by atoms with E-state index in [-0.39, 0.29) is 5.41 Å². The van der Waals surface area contributed by atoms with Crippen molar-refractivity contribution in [1.29, 1.82) is 0 Å². The molecule has 1 aromatic carbocycles. The van der Waals surface area contributed by atoms with Crippen molar-refractivity contribution in [3.05, 3.63) is 95.3 Å². The predicted octanol–water partition coefficient (Wildman–Crippen LogP) is 8.63. The Kier molecular flexibility index (Phi) is 4.77. The molecule has 0 amide bonds. The van der Waals surface area contributed by atoms with Gasteiger partial charge >= 0.3 is 0 Å². The molecule has 3 heteroatoms. The maximum atomic E-state index is 4.03. The Morgan fingerprint density at radius 1 is 0.935 bits per heavy atom. The minimum Gasteiger partial charge on any atom is -0.351 e. The summed E-state index contributed by atoms with van der Waals surface area (Å²) in [5.41, 5.74) is 14.0. The van der Waals surface area contributed by atoms with Crippen LogP contribution in [0.15, 0.2) is 84.1 Å². The zero-order valence-corrected chi connectivity index (χ0v) is 22.5. The summed E-state index contributed by atoms with van der Waals surface area (Å²) in [6.07, 6.45) is 7.24. The number of halogens is 2. The Bertz CT molecular complexity index is 1230. The SMILES string of the molecule is CC1=CC2=C(Br)C3C(=CC2=C1C(C)(C)C1C(C)=Cc2c(Br)cccc21)N(C)C(C)=C3C. The molecule has 3 aliphatic carbocycles. The minimum atomic E-state index is -0.0316. The van der Waals surface area contributed by atoms with Crippen LogP contribution in [0.1, 0.15) is 58.6 Å². The molecule has 31 heavy (non-hydrogen) atoms. The van der Waals surface area contributed by atoms with Gasteiger partial charge in [0.2, 0.25) is 0 Å². The molecule has 5 rings (SSSR count). The smallest absolute Gasteiger partial charge is 0.0541 e. The summed E-state index contributed by atoms with van der Waals surface area (Å²) in [7, 11) is 2.20. The third-order valence-electron chi connectivity index (χ3n) is 7.90. The summed E-state index contributed by atoms with van der Waals surface area (Å²) in [6.45, 7) is 13.9.